The van der Waals surface area contributed by atoms with Crippen molar-refractivity contribution in [2.24, 2.45) is 17.6 Å². The van der Waals surface area contributed by atoms with Gasteiger partial charge in [0.25, 0.3) is 0 Å². The molecule has 1 saturated heterocycles. The van der Waals surface area contributed by atoms with Gasteiger partial charge < -0.3 is 5.73 Å². The van der Waals surface area contributed by atoms with E-state index in [2.05, 4.69) is 0 Å². The highest BCUT2D eigenvalue weighted by Gasteiger charge is 2.47. The van der Waals surface area contributed by atoms with E-state index in [1.54, 1.807) is 11.8 Å². The van der Waals surface area contributed by atoms with Gasteiger partial charge in [-0.15, -0.1) is 0 Å². The van der Waals surface area contributed by atoms with Crippen molar-refractivity contribution in [1.29, 1.82) is 0 Å². The number of hydrogen-bond acceptors (Lipinski definition) is 2. The maximum absolute atomic E-state index is 13.0. The fourth-order valence-corrected chi connectivity index (χ4v) is 3.64. The van der Waals surface area contributed by atoms with Gasteiger partial charge in [0.05, 0.1) is 0 Å². The molecule has 70 valence electrons. The molecular formula is C8H13F2NS. The number of halogens is 2. The quantitative estimate of drug-likeness (QED) is 0.634. The number of rotatable bonds is 0. The summed E-state index contributed by atoms with van der Waals surface area (Å²) < 4.78 is 26.1. The molecule has 0 spiro atoms. The Balaban J connectivity index is 2.12. The molecule has 1 nitrogen and oxygen atoms in total. The average Bonchev–Trinajstić information content (AvgIpc) is 1.92. The van der Waals surface area contributed by atoms with Crippen LogP contribution in [0, 0.1) is 11.8 Å². The third-order valence-corrected chi connectivity index (χ3v) is 4.20. The predicted molar refractivity (Wildman–Crippen MR) is 46.5 cm³/mol. The van der Waals surface area contributed by atoms with Crippen LogP contribution in [-0.4, -0.2) is 23.5 Å². The molecule has 0 aromatic rings. The first-order valence-electron chi connectivity index (χ1n) is 4.30. The van der Waals surface area contributed by atoms with Crippen LogP contribution >= 0.6 is 11.8 Å². The first-order valence-corrected chi connectivity index (χ1v) is 5.45. The highest BCUT2D eigenvalue weighted by Crippen LogP contribution is 2.44. The van der Waals surface area contributed by atoms with E-state index < -0.39 is 5.92 Å². The van der Waals surface area contributed by atoms with E-state index in [0.29, 0.717) is 0 Å². The molecule has 2 atom stereocenters. The van der Waals surface area contributed by atoms with Gasteiger partial charge in [0.2, 0.25) is 5.92 Å². The van der Waals surface area contributed by atoms with Gasteiger partial charge in [0, 0.05) is 18.9 Å². The molecule has 12 heavy (non-hydrogen) atoms. The van der Waals surface area contributed by atoms with Crippen molar-refractivity contribution >= 4 is 11.8 Å². The molecule has 0 radical (unpaired) electrons. The second-order valence-electron chi connectivity index (χ2n) is 3.90. The molecule has 2 aliphatic rings. The summed E-state index contributed by atoms with van der Waals surface area (Å²) >= 11 is 1.78. The second-order valence-corrected chi connectivity index (χ2v) is 4.97. The number of thioether (sulfide) groups is 1. The van der Waals surface area contributed by atoms with Gasteiger partial charge in [-0.1, -0.05) is 0 Å². The molecule has 1 heterocycles. The Hall–Kier alpha value is 0.170. The van der Waals surface area contributed by atoms with Crippen molar-refractivity contribution in [3.05, 3.63) is 0 Å². The summed E-state index contributed by atoms with van der Waals surface area (Å²) in [4.78, 5) is 0. The first kappa shape index (κ1) is 8.75. The highest BCUT2D eigenvalue weighted by atomic mass is 32.2. The Morgan fingerprint density at radius 1 is 1.17 bits per heavy atom. The lowest BCUT2D eigenvalue weighted by molar-refractivity contribution is -0.0730. The van der Waals surface area contributed by atoms with E-state index in [-0.39, 0.29) is 30.7 Å². The van der Waals surface area contributed by atoms with E-state index in [0.717, 1.165) is 11.5 Å². The van der Waals surface area contributed by atoms with Crippen LogP contribution in [0.25, 0.3) is 0 Å². The van der Waals surface area contributed by atoms with Gasteiger partial charge in [-0.05, 0) is 23.3 Å². The van der Waals surface area contributed by atoms with Crippen molar-refractivity contribution in [2.45, 2.75) is 24.8 Å². The summed E-state index contributed by atoms with van der Waals surface area (Å²) in [6.07, 6.45) is 0.0231. The van der Waals surface area contributed by atoms with Gasteiger partial charge in [-0.25, -0.2) is 8.78 Å². The molecule has 2 bridgehead atoms. The lowest BCUT2D eigenvalue weighted by Gasteiger charge is -2.43. The van der Waals surface area contributed by atoms with Crippen LogP contribution < -0.4 is 5.73 Å². The Kier molecular flexibility index (Phi) is 2.07. The van der Waals surface area contributed by atoms with Crippen LogP contribution in [0.15, 0.2) is 0 Å². The Morgan fingerprint density at radius 3 is 2.17 bits per heavy atom. The van der Waals surface area contributed by atoms with Crippen molar-refractivity contribution in [3.63, 3.8) is 0 Å². The van der Waals surface area contributed by atoms with Crippen LogP contribution in [-0.2, 0) is 0 Å². The lowest BCUT2D eigenvalue weighted by atomic mass is 9.76. The first-order chi connectivity index (χ1) is 5.58. The summed E-state index contributed by atoms with van der Waals surface area (Å²) in [5.41, 5.74) is 5.86. The topological polar surface area (TPSA) is 26.0 Å². The predicted octanol–water partition coefficient (Wildman–Crippen LogP) is 1.72. The van der Waals surface area contributed by atoms with E-state index in [4.69, 9.17) is 5.73 Å². The van der Waals surface area contributed by atoms with Crippen molar-refractivity contribution < 1.29 is 8.78 Å². The second kappa shape index (κ2) is 2.84. The third-order valence-electron chi connectivity index (χ3n) is 2.87. The molecule has 1 aliphatic carbocycles. The molecule has 2 fully saturated rings. The van der Waals surface area contributed by atoms with Gasteiger partial charge in [-0.3, -0.25) is 0 Å². The van der Waals surface area contributed by atoms with Gasteiger partial charge >= 0.3 is 0 Å². The molecule has 4 heteroatoms. The molecule has 1 aliphatic heterocycles. The molecule has 0 amide bonds. The van der Waals surface area contributed by atoms with Crippen LogP contribution in [0.2, 0.25) is 0 Å². The summed E-state index contributed by atoms with van der Waals surface area (Å²) in [7, 11) is 0. The van der Waals surface area contributed by atoms with Crippen LogP contribution in [0.5, 0.6) is 0 Å². The lowest BCUT2D eigenvalue weighted by Crippen LogP contribution is -2.51. The maximum Gasteiger partial charge on any atom is 0.248 e. The van der Waals surface area contributed by atoms with Gasteiger partial charge in [0.15, 0.2) is 0 Å². The average molecular weight is 193 g/mol. The summed E-state index contributed by atoms with van der Waals surface area (Å²) in [5.74, 6) is -0.679. The minimum absolute atomic E-state index is 0.0116. The molecular weight excluding hydrogens is 180 g/mol. The van der Waals surface area contributed by atoms with Crippen molar-refractivity contribution in [1.82, 2.24) is 0 Å². The van der Waals surface area contributed by atoms with Crippen LogP contribution in [0.1, 0.15) is 12.8 Å². The molecule has 2 N–H and O–H groups in total. The number of hydrogen-bond donors (Lipinski definition) is 1. The fraction of sp³-hybridized carbons (Fsp3) is 1.00. The Bertz CT molecular complexity index is 170. The Labute approximate surface area is 75.1 Å². The summed E-state index contributed by atoms with van der Waals surface area (Å²) in [6.45, 7) is 0. The third kappa shape index (κ3) is 1.46. The minimum Gasteiger partial charge on any atom is -0.327 e. The largest absolute Gasteiger partial charge is 0.327 e. The molecule has 1 saturated carbocycles. The van der Waals surface area contributed by atoms with Gasteiger partial charge in [0.1, 0.15) is 0 Å². The normalized spacial score (nSPS) is 45.8. The molecule has 0 aromatic carbocycles. The SMILES string of the molecule is NC1C2CSCC1CC(F)(F)C2. The molecule has 2 rings (SSSR count). The smallest absolute Gasteiger partial charge is 0.248 e. The van der Waals surface area contributed by atoms with E-state index in [1.807, 2.05) is 0 Å². The highest BCUT2D eigenvalue weighted by molar-refractivity contribution is 7.99. The maximum atomic E-state index is 13.0. The van der Waals surface area contributed by atoms with Crippen molar-refractivity contribution in [3.8, 4) is 0 Å². The number of alkyl halides is 2. The summed E-state index contributed by atoms with van der Waals surface area (Å²) in [6, 6.07) is 0.0332. The van der Waals surface area contributed by atoms with Crippen LogP contribution in [0.3, 0.4) is 0 Å². The van der Waals surface area contributed by atoms with Crippen molar-refractivity contribution in [2.75, 3.05) is 11.5 Å². The van der Waals surface area contributed by atoms with Gasteiger partial charge in [-0.2, -0.15) is 11.8 Å². The zero-order chi connectivity index (χ0) is 8.77. The molecule has 0 aromatic heterocycles. The molecule has 2 unspecified atom stereocenters. The zero-order valence-corrected chi connectivity index (χ0v) is 7.62. The minimum atomic E-state index is -2.44. The fourth-order valence-electron chi connectivity index (χ4n) is 2.22. The van der Waals surface area contributed by atoms with E-state index in [1.165, 1.54) is 0 Å². The Morgan fingerprint density at radius 2 is 1.67 bits per heavy atom. The van der Waals surface area contributed by atoms with Crippen LogP contribution in [0.4, 0.5) is 8.78 Å². The number of nitrogens with two attached hydrogens (primary N) is 1. The van der Waals surface area contributed by atoms with E-state index >= 15 is 0 Å². The van der Waals surface area contributed by atoms with E-state index in [9.17, 15) is 8.78 Å². The monoisotopic (exact) mass is 193 g/mol. The number of fused-ring (bicyclic) bond motifs is 2. The zero-order valence-electron chi connectivity index (χ0n) is 6.80. The summed E-state index contributed by atoms with van der Waals surface area (Å²) in [5, 5.41) is 0. The standard InChI is InChI=1S/C8H13F2NS/c9-8(10)1-5-3-12-4-6(2-8)7(5)11/h5-7H,1-4,11H2.